The summed E-state index contributed by atoms with van der Waals surface area (Å²) in [6, 6.07) is 0. The first-order chi connectivity index (χ1) is 9.58. The number of hydrogen-bond donors (Lipinski definition) is 2. The molecule has 0 atom stereocenters. The third kappa shape index (κ3) is 1.85. The summed E-state index contributed by atoms with van der Waals surface area (Å²) in [6.45, 7) is 2.37. The number of hydrogen-bond acceptors (Lipinski definition) is 5. The van der Waals surface area contributed by atoms with Gasteiger partial charge in [-0.1, -0.05) is 0 Å². The van der Waals surface area contributed by atoms with Crippen LogP contribution < -0.4 is 10.9 Å². The summed E-state index contributed by atoms with van der Waals surface area (Å²) in [4.78, 5) is 43.4. The average Bonchev–Trinajstić information content (AvgIpc) is 2.75. The summed E-state index contributed by atoms with van der Waals surface area (Å²) in [7, 11) is 0. The number of piperazine rings is 1. The van der Waals surface area contributed by atoms with Gasteiger partial charge in [0.05, 0.1) is 18.4 Å². The highest BCUT2D eigenvalue weighted by Gasteiger charge is 2.28. The molecule has 2 aromatic rings. The van der Waals surface area contributed by atoms with Crippen molar-refractivity contribution >= 4 is 22.9 Å². The molecule has 0 spiro atoms. The SMILES string of the molecule is Cc1oc2nc[nH]c(=O)c2c1C(=O)N1CCNC(=O)C1. The number of amides is 2. The maximum absolute atomic E-state index is 12.5. The van der Waals surface area contributed by atoms with Crippen LogP contribution in [0.2, 0.25) is 0 Å². The molecule has 1 aliphatic rings. The number of aromatic amines is 1. The van der Waals surface area contributed by atoms with Crippen LogP contribution in [0.5, 0.6) is 0 Å². The van der Waals surface area contributed by atoms with Gasteiger partial charge in [0, 0.05) is 13.1 Å². The van der Waals surface area contributed by atoms with Crippen LogP contribution in [0.4, 0.5) is 0 Å². The third-order valence-electron chi connectivity index (χ3n) is 3.21. The maximum atomic E-state index is 12.5. The van der Waals surface area contributed by atoms with E-state index in [-0.39, 0.29) is 29.1 Å². The minimum absolute atomic E-state index is 0.0247. The zero-order chi connectivity index (χ0) is 14.3. The van der Waals surface area contributed by atoms with E-state index < -0.39 is 11.5 Å². The van der Waals surface area contributed by atoms with Crippen molar-refractivity contribution in [1.29, 1.82) is 0 Å². The molecule has 2 N–H and O–H groups in total. The van der Waals surface area contributed by atoms with Gasteiger partial charge in [0.25, 0.3) is 11.5 Å². The molecule has 0 radical (unpaired) electrons. The molecule has 0 aliphatic carbocycles. The monoisotopic (exact) mass is 276 g/mol. The van der Waals surface area contributed by atoms with Crippen molar-refractivity contribution < 1.29 is 14.0 Å². The lowest BCUT2D eigenvalue weighted by Crippen LogP contribution is -2.50. The number of aromatic nitrogens is 2. The Bertz CT molecular complexity index is 760. The Kier molecular flexibility index (Phi) is 2.78. The van der Waals surface area contributed by atoms with Gasteiger partial charge in [0.2, 0.25) is 11.6 Å². The summed E-state index contributed by atoms with van der Waals surface area (Å²) in [5, 5.41) is 2.76. The van der Waals surface area contributed by atoms with Gasteiger partial charge in [-0.2, -0.15) is 0 Å². The van der Waals surface area contributed by atoms with E-state index in [1.165, 1.54) is 11.2 Å². The van der Waals surface area contributed by atoms with Crippen LogP contribution in [0, 0.1) is 6.92 Å². The standard InChI is InChI=1S/C12H12N4O4/c1-6-8(9-10(18)14-5-15-11(9)20-6)12(19)16-3-2-13-7(17)4-16/h5H,2-4H2,1H3,(H,13,17)(H,14,15,18). The van der Waals surface area contributed by atoms with Gasteiger partial charge in [-0.15, -0.1) is 0 Å². The number of furan rings is 1. The van der Waals surface area contributed by atoms with E-state index in [4.69, 9.17) is 4.42 Å². The molecule has 104 valence electrons. The summed E-state index contributed by atoms with van der Waals surface area (Å²) in [6.07, 6.45) is 1.22. The molecule has 1 aliphatic heterocycles. The molecule has 8 heteroatoms. The number of carbonyl (C=O) groups excluding carboxylic acids is 2. The van der Waals surface area contributed by atoms with Crippen molar-refractivity contribution in [2.75, 3.05) is 19.6 Å². The first kappa shape index (κ1) is 12.4. The molecule has 0 unspecified atom stereocenters. The predicted octanol–water partition coefficient (Wildman–Crippen LogP) is -0.603. The molecule has 1 fully saturated rings. The van der Waals surface area contributed by atoms with Crippen molar-refractivity contribution in [3.63, 3.8) is 0 Å². The number of fused-ring (bicyclic) bond motifs is 1. The molecule has 0 saturated carbocycles. The Balaban J connectivity index is 2.10. The fourth-order valence-electron chi connectivity index (χ4n) is 2.28. The second kappa shape index (κ2) is 4.48. The summed E-state index contributed by atoms with van der Waals surface area (Å²) >= 11 is 0. The molecular formula is C12H12N4O4. The minimum Gasteiger partial charge on any atom is -0.442 e. The van der Waals surface area contributed by atoms with Crippen molar-refractivity contribution in [1.82, 2.24) is 20.2 Å². The highest BCUT2D eigenvalue weighted by Crippen LogP contribution is 2.22. The summed E-state index contributed by atoms with van der Waals surface area (Å²) in [5.74, 6) is -0.295. The second-order valence-electron chi connectivity index (χ2n) is 4.52. The number of aryl methyl sites for hydroxylation is 1. The molecule has 0 aromatic carbocycles. The van der Waals surface area contributed by atoms with Gasteiger partial charge < -0.3 is 19.6 Å². The first-order valence-corrected chi connectivity index (χ1v) is 6.10. The largest absolute Gasteiger partial charge is 0.442 e. The van der Waals surface area contributed by atoms with Gasteiger partial charge in [-0.25, -0.2) is 4.98 Å². The van der Waals surface area contributed by atoms with Crippen molar-refractivity contribution in [2.45, 2.75) is 6.92 Å². The summed E-state index contributed by atoms with van der Waals surface area (Å²) in [5.41, 5.74) is -0.142. The molecule has 8 nitrogen and oxygen atoms in total. The number of rotatable bonds is 1. The molecule has 2 amide bonds. The van der Waals surface area contributed by atoms with Gasteiger partial charge in [0.15, 0.2) is 0 Å². The highest BCUT2D eigenvalue weighted by atomic mass is 16.3. The fraction of sp³-hybridized carbons (Fsp3) is 0.333. The van der Waals surface area contributed by atoms with E-state index in [1.807, 2.05) is 0 Å². The van der Waals surface area contributed by atoms with Crippen LogP contribution in [-0.4, -0.2) is 46.3 Å². The molecule has 2 aromatic heterocycles. The van der Waals surface area contributed by atoms with E-state index in [0.717, 1.165) is 0 Å². The van der Waals surface area contributed by atoms with E-state index >= 15 is 0 Å². The minimum atomic E-state index is -0.434. The molecular weight excluding hydrogens is 264 g/mol. The Hall–Kier alpha value is -2.64. The molecule has 0 bridgehead atoms. The normalized spacial score (nSPS) is 15.4. The van der Waals surface area contributed by atoms with Crippen LogP contribution in [-0.2, 0) is 4.79 Å². The van der Waals surface area contributed by atoms with Gasteiger partial charge in [0.1, 0.15) is 11.1 Å². The predicted molar refractivity (Wildman–Crippen MR) is 68.3 cm³/mol. The zero-order valence-corrected chi connectivity index (χ0v) is 10.7. The van der Waals surface area contributed by atoms with Crippen molar-refractivity contribution in [3.05, 3.63) is 28.0 Å². The van der Waals surface area contributed by atoms with E-state index in [2.05, 4.69) is 15.3 Å². The number of H-pyrrole nitrogens is 1. The Labute approximate surface area is 112 Å². The van der Waals surface area contributed by atoms with Gasteiger partial charge in [-0.3, -0.25) is 14.4 Å². The lowest BCUT2D eigenvalue weighted by atomic mass is 10.1. The fourth-order valence-corrected chi connectivity index (χ4v) is 2.28. The second-order valence-corrected chi connectivity index (χ2v) is 4.52. The number of nitrogens with zero attached hydrogens (tertiary/aromatic N) is 2. The topological polar surface area (TPSA) is 108 Å². The van der Waals surface area contributed by atoms with Crippen LogP contribution in [0.15, 0.2) is 15.5 Å². The Morgan fingerprint density at radius 1 is 1.45 bits per heavy atom. The molecule has 1 saturated heterocycles. The highest BCUT2D eigenvalue weighted by molar-refractivity contribution is 6.07. The van der Waals surface area contributed by atoms with E-state index in [1.54, 1.807) is 6.92 Å². The molecule has 3 heterocycles. The smallest absolute Gasteiger partial charge is 0.262 e. The lowest BCUT2D eigenvalue weighted by molar-refractivity contribution is -0.123. The van der Waals surface area contributed by atoms with E-state index in [9.17, 15) is 14.4 Å². The molecule has 20 heavy (non-hydrogen) atoms. The van der Waals surface area contributed by atoms with Crippen molar-refractivity contribution in [2.24, 2.45) is 0 Å². The Morgan fingerprint density at radius 3 is 3.00 bits per heavy atom. The van der Waals surface area contributed by atoms with Crippen LogP contribution >= 0.6 is 0 Å². The number of nitrogens with one attached hydrogen (secondary N) is 2. The molecule has 3 rings (SSSR count). The van der Waals surface area contributed by atoms with Crippen molar-refractivity contribution in [3.8, 4) is 0 Å². The average molecular weight is 276 g/mol. The maximum Gasteiger partial charge on any atom is 0.262 e. The summed E-state index contributed by atoms with van der Waals surface area (Å²) < 4.78 is 5.34. The first-order valence-electron chi connectivity index (χ1n) is 6.10. The van der Waals surface area contributed by atoms with Crippen LogP contribution in [0.25, 0.3) is 11.1 Å². The van der Waals surface area contributed by atoms with Crippen LogP contribution in [0.1, 0.15) is 16.1 Å². The van der Waals surface area contributed by atoms with Crippen LogP contribution in [0.3, 0.4) is 0 Å². The quantitative estimate of drug-likeness (QED) is 0.722. The van der Waals surface area contributed by atoms with Gasteiger partial charge >= 0.3 is 0 Å². The Morgan fingerprint density at radius 2 is 2.25 bits per heavy atom. The van der Waals surface area contributed by atoms with Gasteiger partial charge in [-0.05, 0) is 6.92 Å². The zero-order valence-electron chi connectivity index (χ0n) is 10.7. The lowest BCUT2D eigenvalue weighted by Gasteiger charge is -2.26. The third-order valence-corrected chi connectivity index (χ3v) is 3.21. The number of carbonyl (C=O) groups is 2. The van der Waals surface area contributed by atoms with E-state index in [0.29, 0.717) is 18.8 Å².